The Morgan fingerprint density at radius 3 is 2.67 bits per heavy atom. The second-order valence-electron chi connectivity index (χ2n) is 8.76. The summed E-state index contributed by atoms with van der Waals surface area (Å²) in [5.74, 6) is 0.294. The van der Waals surface area contributed by atoms with Gasteiger partial charge in [0, 0.05) is 23.6 Å². The normalized spacial score (nSPS) is 25.0. The van der Waals surface area contributed by atoms with Gasteiger partial charge in [0.15, 0.2) is 5.82 Å². The second-order valence-corrected chi connectivity index (χ2v) is 8.76. The molecule has 2 heterocycles. The molecule has 2 N–H and O–H groups in total. The van der Waals surface area contributed by atoms with Crippen LogP contribution < -0.4 is 10.1 Å². The van der Waals surface area contributed by atoms with E-state index >= 15 is 0 Å². The molecule has 33 heavy (non-hydrogen) atoms. The summed E-state index contributed by atoms with van der Waals surface area (Å²) >= 11 is 0. The van der Waals surface area contributed by atoms with Crippen molar-refractivity contribution >= 4 is 22.6 Å². The zero-order valence-corrected chi connectivity index (χ0v) is 17.7. The minimum Gasteiger partial charge on any atom is -0.490 e. The highest BCUT2D eigenvalue weighted by Crippen LogP contribution is 2.62. The van der Waals surface area contributed by atoms with E-state index in [-0.39, 0.29) is 35.5 Å². The van der Waals surface area contributed by atoms with Crippen LogP contribution in [0.4, 0.5) is 23.4 Å². The Balaban J connectivity index is 1.21. The number of carbonyl (C=O) groups is 1. The molecule has 2 aliphatic carbocycles. The fraction of sp³-hybridized carbons (Fsp3) is 0.435. The summed E-state index contributed by atoms with van der Waals surface area (Å²) in [4.78, 5) is 17.0. The van der Waals surface area contributed by atoms with Crippen molar-refractivity contribution in [3.8, 4) is 5.75 Å². The van der Waals surface area contributed by atoms with E-state index in [0.717, 1.165) is 18.9 Å². The predicted octanol–water partition coefficient (Wildman–Crippen LogP) is 5.18. The number of aromatic amines is 1. The number of hydrogen-bond acceptors (Lipinski definition) is 4. The number of amides is 1. The number of hydrogen-bond donors (Lipinski definition) is 2. The minimum absolute atomic E-state index is 0.0358. The molecule has 3 aromatic rings. The summed E-state index contributed by atoms with van der Waals surface area (Å²) in [6.45, 7) is 1.90. The molecule has 0 bridgehead atoms. The lowest BCUT2D eigenvalue weighted by atomic mass is 9.93. The Hall–Kier alpha value is -3.17. The number of halogens is 4. The molecule has 2 aromatic heterocycles. The van der Waals surface area contributed by atoms with Gasteiger partial charge in [0.2, 0.25) is 5.91 Å². The fourth-order valence-electron chi connectivity index (χ4n) is 5.29. The monoisotopic (exact) mass is 462 g/mol. The van der Waals surface area contributed by atoms with Gasteiger partial charge in [-0.3, -0.25) is 14.9 Å². The van der Waals surface area contributed by atoms with E-state index in [1.807, 2.05) is 12.0 Å². The van der Waals surface area contributed by atoms with Crippen LogP contribution in [-0.2, 0) is 11.0 Å². The van der Waals surface area contributed by atoms with Gasteiger partial charge in [-0.1, -0.05) is 6.92 Å². The smallest absolute Gasteiger partial charge is 0.432 e. The van der Waals surface area contributed by atoms with Gasteiger partial charge in [-0.05, 0) is 61.3 Å². The Morgan fingerprint density at radius 1 is 1.24 bits per heavy atom. The second kappa shape index (κ2) is 8.00. The molecule has 10 heteroatoms. The Kier molecular flexibility index (Phi) is 5.25. The van der Waals surface area contributed by atoms with Crippen molar-refractivity contribution in [1.29, 1.82) is 0 Å². The maximum absolute atomic E-state index is 13.7. The van der Waals surface area contributed by atoms with Crippen LogP contribution in [0.15, 0.2) is 36.5 Å². The number of nitrogens with one attached hydrogen (secondary N) is 2. The number of alkyl halides is 3. The van der Waals surface area contributed by atoms with Gasteiger partial charge < -0.3 is 10.1 Å². The van der Waals surface area contributed by atoms with Crippen LogP contribution in [0.25, 0.3) is 10.9 Å². The largest absolute Gasteiger partial charge is 0.490 e. The average molecular weight is 462 g/mol. The van der Waals surface area contributed by atoms with Crippen molar-refractivity contribution in [2.24, 2.45) is 23.7 Å². The van der Waals surface area contributed by atoms with E-state index < -0.39 is 11.9 Å². The molecule has 1 aromatic carbocycles. The predicted molar refractivity (Wildman–Crippen MR) is 112 cm³/mol. The lowest BCUT2D eigenvalue weighted by Gasteiger charge is -2.21. The number of anilines is 1. The van der Waals surface area contributed by atoms with Crippen molar-refractivity contribution in [3.63, 3.8) is 0 Å². The molecular formula is C23H22F4N4O2. The lowest BCUT2D eigenvalue weighted by molar-refractivity contribution is -0.141. The first-order valence-corrected chi connectivity index (χ1v) is 10.9. The van der Waals surface area contributed by atoms with Crippen LogP contribution in [0.1, 0.15) is 31.9 Å². The van der Waals surface area contributed by atoms with Crippen LogP contribution in [0.5, 0.6) is 5.75 Å². The Bertz CT molecular complexity index is 1180. The number of carbonyl (C=O) groups excluding carboxylic acids is 1. The maximum Gasteiger partial charge on any atom is 0.432 e. The molecular weight excluding hydrogens is 440 g/mol. The molecule has 1 amide bonds. The topological polar surface area (TPSA) is 79.9 Å². The number of ether oxygens (including phenoxy) is 1. The van der Waals surface area contributed by atoms with Crippen LogP contribution >= 0.6 is 0 Å². The first-order chi connectivity index (χ1) is 15.7. The van der Waals surface area contributed by atoms with Gasteiger partial charge >= 0.3 is 6.18 Å². The Morgan fingerprint density at radius 2 is 2.00 bits per heavy atom. The summed E-state index contributed by atoms with van der Waals surface area (Å²) < 4.78 is 58.1. The molecule has 5 atom stereocenters. The van der Waals surface area contributed by atoms with Crippen molar-refractivity contribution in [2.75, 3.05) is 5.32 Å². The number of fused-ring (bicyclic) bond motifs is 2. The van der Waals surface area contributed by atoms with Gasteiger partial charge in [0.25, 0.3) is 0 Å². The molecule has 0 aliphatic heterocycles. The average Bonchev–Trinajstić information content (AvgIpc) is 3.11. The zero-order chi connectivity index (χ0) is 23.3. The molecule has 0 saturated heterocycles. The van der Waals surface area contributed by atoms with Crippen LogP contribution in [0, 0.1) is 29.5 Å². The quantitative estimate of drug-likeness (QED) is 0.495. The van der Waals surface area contributed by atoms with Gasteiger partial charge in [-0.2, -0.15) is 18.3 Å². The lowest BCUT2D eigenvalue weighted by Crippen LogP contribution is -2.27. The minimum atomic E-state index is -4.55. The number of nitrogens with zero attached hydrogens (tertiary/aromatic N) is 2. The number of aromatic nitrogens is 3. The fourth-order valence-corrected chi connectivity index (χ4v) is 5.29. The molecule has 2 saturated carbocycles. The number of benzene rings is 1. The van der Waals surface area contributed by atoms with Crippen LogP contribution in [0.2, 0.25) is 0 Å². The summed E-state index contributed by atoms with van der Waals surface area (Å²) in [6.07, 6.45) is -0.817. The maximum atomic E-state index is 13.7. The van der Waals surface area contributed by atoms with E-state index in [1.54, 1.807) is 18.3 Å². The van der Waals surface area contributed by atoms with E-state index in [9.17, 15) is 22.4 Å². The highest BCUT2D eigenvalue weighted by Gasteiger charge is 2.60. The third kappa shape index (κ3) is 4.14. The first-order valence-electron chi connectivity index (χ1n) is 10.9. The van der Waals surface area contributed by atoms with E-state index in [0.29, 0.717) is 34.9 Å². The van der Waals surface area contributed by atoms with Crippen LogP contribution in [-0.4, -0.2) is 27.2 Å². The Labute approximate surface area is 186 Å². The summed E-state index contributed by atoms with van der Waals surface area (Å²) in [6, 6.07) is 6.90. The molecule has 5 rings (SSSR count). The third-order valence-corrected chi connectivity index (χ3v) is 6.80. The molecule has 2 fully saturated rings. The van der Waals surface area contributed by atoms with Crippen molar-refractivity contribution in [1.82, 2.24) is 15.2 Å². The summed E-state index contributed by atoms with van der Waals surface area (Å²) in [7, 11) is 0. The number of pyridine rings is 1. The highest BCUT2D eigenvalue weighted by molar-refractivity contribution is 5.92. The van der Waals surface area contributed by atoms with E-state index in [4.69, 9.17) is 4.74 Å². The van der Waals surface area contributed by atoms with E-state index in [2.05, 4.69) is 15.4 Å². The molecule has 2 aliphatic rings. The third-order valence-electron chi connectivity index (χ3n) is 6.80. The molecule has 174 valence electrons. The summed E-state index contributed by atoms with van der Waals surface area (Å²) in [5.41, 5.74) is -0.345. The number of rotatable bonds is 6. The standard InChI is InChI=1S/C23H22F4N4O2/c1-2-13(22(32)29-20-10-19(30-31-20)23(25,26)27)21-14-8-12(9-15(14)21)33-18-5-6-28-17-4-3-11(24)7-16(17)18/h3-7,10,12-15,21H,2,8-9H2,1H3,(H2,29,30,31,32)/t12-,13?,14-,15+,21-. The van der Waals surface area contributed by atoms with Gasteiger partial charge in [0.1, 0.15) is 17.3 Å². The van der Waals surface area contributed by atoms with Crippen molar-refractivity contribution < 1.29 is 27.1 Å². The summed E-state index contributed by atoms with van der Waals surface area (Å²) in [5, 5.41) is 8.60. The number of H-pyrrole nitrogens is 1. The van der Waals surface area contributed by atoms with Gasteiger partial charge in [-0.15, -0.1) is 0 Å². The van der Waals surface area contributed by atoms with Crippen molar-refractivity contribution in [2.45, 2.75) is 38.5 Å². The van der Waals surface area contributed by atoms with Crippen LogP contribution in [0.3, 0.4) is 0 Å². The molecule has 0 radical (unpaired) electrons. The molecule has 1 unspecified atom stereocenters. The van der Waals surface area contributed by atoms with E-state index in [1.165, 1.54) is 12.1 Å². The highest BCUT2D eigenvalue weighted by atomic mass is 19.4. The first kappa shape index (κ1) is 21.7. The zero-order valence-electron chi connectivity index (χ0n) is 17.7. The SMILES string of the molecule is CCC(C(=O)Nc1cc(C(F)(F)F)[nH]n1)[C@@H]1[C@@H]2C[C@@H](Oc3ccnc4ccc(F)cc34)C[C@@H]21. The van der Waals surface area contributed by atoms with Gasteiger partial charge in [-0.25, -0.2) is 4.39 Å². The molecule has 0 spiro atoms. The molecule has 6 nitrogen and oxygen atoms in total. The van der Waals surface area contributed by atoms with Crippen molar-refractivity contribution in [3.05, 3.63) is 48.0 Å². The van der Waals surface area contributed by atoms with Gasteiger partial charge in [0.05, 0.1) is 11.6 Å².